The van der Waals surface area contributed by atoms with Gasteiger partial charge in [0.2, 0.25) is 0 Å². The first-order valence-electron chi connectivity index (χ1n) is 18.1. The molecular formula is C40H45F2N5O6S2. The lowest BCUT2D eigenvalue weighted by atomic mass is 9.75. The highest BCUT2D eigenvalue weighted by atomic mass is 32.2. The fraction of sp³-hybridized carbons (Fsp3) is 0.425. The first-order chi connectivity index (χ1) is 25.9. The number of aromatic nitrogens is 5. The van der Waals surface area contributed by atoms with Crippen molar-refractivity contribution >= 4 is 44.4 Å². The summed E-state index contributed by atoms with van der Waals surface area (Å²) in [6.45, 7) is 8.41. The average molecular weight is 794 g/mol. The van der Waals surface area contributed by atoms with Crippen molar-refractivity contribution in [2.24, 2.45) is 12.5 Å². The molecule has 0 saturated carbocycles. The Morgan fingerprint density at radius 2 is 1.84 bits per heavy atom. The van der Waals surface area contributed by atoms with Crippen LogP contribution in [0.4, 0.5) is 8.78 Å². The molecule has 0 saturated heterocycles. The van der Waals surface area contributed by atoms with Gasteiger partial charge in [0.15, 0.2) is 33.1 Å². The number of benzene rings is 2. The lowest BCUT2D eigenvalue weighted by molar-refractivity contribution is -0.156. The van der Waals surface area contributed by atoms with Crippen LogP contribution in [0.1, 0.15) is 76.4 Å². The number of carbonyl (C=O) groups is 2. The molecule has 0 amide bonds. The number of hydrogen-bond acceptors (Lipinski definition) is 10. The van der Waals surface area contributed by atoms with E-state index in [0.717, 1.165) is 22.9 Å². The van der Waals surface area contributed by atoms with Crippen molar-refractivity contribution in [3.8, 4) is 11.5 Å². The van der Waals surface area contributed by atoms with Crippen LogP contribution in [0.2, 0.25) is 0 Å². The van der Waals surface area contributed by atoms with Gasteiger partial charge < -0.3 is 14.5 Å². The summed E-state index contributed by atoms with van der Waals surface area (Å²) in [5.74, 6) is -2.39. The van der Waals surface area contributed by atoms with Gasteiger partial charge in [0.25, 0.3) is 0 Å². The molecule has 0 fully saturated rings. The van der Waals surface area contributed by atoms with Crippen molar-refractivity contribution in [2.75, 3.05) is 18.1 Å². The van der Waals surface area contributed by atoms with Gasteiger partial charge in [0.05, 0.1) is 27.3 Å². The summed E-state index contributed by atoms with van der Waals surface area (Å²) in [6, 6.07) is 12.9. The van der Waals surface area contributed by atoms with Gasteiger partial charge in [-0.2, -0.15) is 5.10 Å². The van der Waals surface area contributed by atoms with E-state index in [0.29, 0.717) is 58.9 Å². The predicted molar refractivity (Wildman–Crippen MR) is 205 cm³/mol. The molecule has 5 aromatic rings. The SMILES string of the molecule is CC(=O)OC[C@@H](Cc1cccc([C@@]2(C)CCCC(C)(C)CS(=O)(=O)CCc3c(c(F)c(F)c4[nH]ccc34)Sc3ccnc(c3)-c3nc2nn3C)c1)OC(C)=O. The molecule has 0 radical (unpaired) electrons. The van der Waals surface area contributed by atoms with Crippen LogP contribution >= 0.6 is 11.8 Å². The van der Waals surface area contributed by atoms with Gasteiger partial charge in [-0.25, -0.2) is 26.9 Å². The molecule has 11 nitrogen and oxygen atoms in total. The maximum Gasteiger partial charge on any atom is 0.303 e. The van der Waals surface area contributed by atoms with Gasteiger partial charge >= 0.3 is 11.9 Å². The Morgan fingerprint density at radius 1 is 1.05 bits per heavy atom. The Morgan fingerprint density at radius 3 is 2.58 bits per heavy atom. The van der Waals surface area contributed by atoms with E-state index in [9.17, 15) is 18.0 Å². The number of esters is 2. The fourth-order valence-electron chi connectivity index (χ4n) is 7.36. The first kappa shape index (κ1) is 40.0. The van der Waals surface area contributed by atoms with Gasteiger partial charge in [-0.05, 0) is 66.5 Å². The Labute approximate surface area is 323 Å². The van der Waals surface area contributed by atoms with Crippen molar-refractivity contribution in [1.29, 1.82) is 0 Å². The first-order valence-corrected chi connectivity index (χ1v) is 20.7. The summed E-state index contributed by atoms with van der Waals surface area (Å²) in [5, 5.41) is 5.34. The van der Waals surface area contributed by atoms with Crippen molar-refractivity contribution in [1.82, 2.24) is 24.7 Å². The molecule has 4 bridgehead atoms. The average Bonchev–Trinajstić information content (AvgIpc) is 3.76. The molecule has 3 aromatic heterocycles. The minimum Gasteiger partial charge on any atom is -0.462 e. The van der Waals surface area contributed by atoms with E-state index in [1.807, 2.05) is 45.0 Å². The molecule has 1 N–H and O–H groups in total. The third-order valence-corrected chi connectivity index (χ3v) is 13.2. The van der Waals surface area contributed by atoms with Gasteiger partial charge in [-0.15, -0.1) is 0 Å². The number of nitrogens with one attached hydrogen (secondary N) is 1. The van der Waals surface area contributed by atoms with Crippen molar-refractivity contribution in [3.05, 3.63) is 89.0 Å². The van der Waals surface area contributed by atoms with Crippen LogP contribution in [0.25, 0.3) is 22.4 Å². The van der Waals surface area contributed by atoms with Crippen molar-refractivity contribution in [3.63, 3.8) is 0 Å². The molecule has 4 heterocycles. The summed E-state index contributed by atoms with van der Waals surface area (Å²) in [4.78, 5) is 36.4. The van der Waals surface area contributed by atoms with E-state index in [-0.39, 0.29) is 34.9 Å². The highest BCUT2D eigenvalue weighted by molar-refractivity contribution is 7.99. The summed E-state index contributed by atoms with van der Waals surface area (Å²) in [6.07, 6.45) is 4.45. The number of pyridine rings is 1. The molecule has 0 spiro atoms. The third-order valence-electron chi connectivity index (χ3n) is 10.0. The summed E-state index contributed by atoms with van der Waals surface area (Å²) < 4.78 is 71.0. The number of aryl methyl sites for hydroxylation is 2. The van der Waals surface area contributed by atoms with E-state index in [1.54, 1.807) is 36.1 Å². The topological polar surface area (TPSA) is 146 Å². The normalized spacial score (nSPS) is 19.1. The lowest BCUT2D eigenvalue weighted by Gasteiger charge is -2.31. The zero-order valence-electron chi connectivity index (χ0n) is 31.7. The van der Waals surface area contributed by atoms with E-state index >= 15 is 8.78 Å². The standard InChI is InChI=1S/C40H45F2N5O6S2/c1-24(48)52-22-28(53-25(2)49)20-26-9-7-10-27(19-26)40(5)15-8-14-39(3,4)23-55(50,51)18-13-31-30-12-17-44-35(30)33(41)34(42)36(31)54-29-11-16-43-32(21-29)37-45-38(40)46-47(37)6/h7,9-12,16-17,19,21,28,44H,8,13-15,18,20,22-23H2,1-6H3/t28-,40-/m1/s1. The minimum absolute atomic E-state index is 0.00135. The van der Waals surface area contributed by atoms with Crippen LogP contribution in [0.5, 0.6) is 0 Å². The maximum absolute atomic E-state index is 15.9. The van der Waals surface area contributed by atoms with Crippen LogP contribution in [0, 0.1) is 17.0 Å². The molecule has 15 heteroatoms. The zero-order valence-corrected chi connectivity index (χ0v) is 33.4. The fourth-order valence-corrected chi connectivity index (χ4v) is 10.4. The molecule has 2 atom stereocenters. The highest BCUT2D eigenvalue weighted by Crippen LogP contribution is 2.42. The number of hydrogen-bond donors (Lipinski definition) is 1. The Hall–Kier alpha value is -4.63. The second-order valence-corrected chi connectivity index (χ2v) is 18.5. The number of carbonyl (C=O) groups excluding carboxylic acids is 2. The predicted octanol–water partition coefficient (Wildman–Crippen LogP) is 7.30. The summed E-state index contributed by atoms with van der Waals surface area (Å²) >= 11 is 1.01. The third kappa shape index (κ3) is 9.09. The van der Waals surface area contributed by atoms with Crippen LogP contribution < -0.4 is 0 Å². The number of aromatic amines is 1. The molecular weight excluding hydrogens is 749 g/mol. The molecule has 1 aliphatic heterocycles. The number of sulfone groups is 1. The number of rotatable bonds is 6. The molecule has 55 heavy (non-hydrogen) atoms. The Balaban J connectivity index is 1.44. The van der Waals surface area contributed by atoms with E-state index in [4.69, 9.17) is 19.6 Å². The summed E-state index contributed by atoms with van der Waals surface area (Å²) in [7, 11) is -1.87. The molecule has 292 valence electrons. The van der Waals surface area contributed by atoms with E-state index in [2.05, 4.69) is 9.97 Å². The second kappa shape index (κ2) is 15.8. The molecule has 6 rings (SSSR count). The number of H-pyrrole nitrogens is 1. The Bertz CT molecular complexity index is 2360. The second-order valence-electron chi connectivity index (χ2n) is 15.2. The van der Waals surface area contributed by atoms with Crippen LogP contribution in [-0.4, -0.2) is 69.3 Å². The Kier molecular flexibility index (Phi) is 11.5. The van der Waals surface area contributed by atoms with E-state index < -0.39 is 50.3 Å². The van der Waals surface area contributed by atoms with Crippen LogP contribution in [0.3, 0.4) is 0 Å². The van der Waals surface area contributed by atoms with Gasteiger partial charge in [0.1, 0.15) is 18.4 Å². The lowest BCUT2D eigenvalue weighted by Crippen LogP contribution is -2.29. The molecule has 0 aliphatic carbocycles. The maximum atomic E-state index is 15.9. The molecule has 2 aromatic carbocycles. The number of ether oxygens (including phenoxy) is 2. The number of nitrogens with zero attached hydrogens (tertiary/aromatic N) is 4. The van der Waals surface area contributed by atoms with Crippen LogP contribution in [0.15, 0.2) is 64.6 Å². The van der Waals surface area contributed by atoms with Crippen molar-refractivity contribution in [2.45, 2.75) is 88.0 Å². The smallest absolute Gasteiger partial charge is 0.303 e. The van der Waals surface area contributed by atoms with Gasteiger partial charge in [-0.1, -0.05) is 56.3 Å². The van der Waals surface area contributed by atoms with Gasteiger partial charge in [0, 0.05) is 50.0 Å². The minimum atomic E-state index is -3.64. The molecule has 0 unspecified atom stereocenters. The van der Waals surface area contributed by atoms with Crippen LogP contribution in [-0.2, 0) is 54.2 Å². The summed E-state index contributed by atoms with van der Waals surface area (Å²) in [5.41, 5.74) is 1.23. The quantitative estimate of drug-likeness (QED) is 0.174. The number of halogens is 2. The molecule has 1 aliphatic rings. The van der Waals surface area contributed by atoms with Crippen molar-refractivity contribution < 1.29 is 36.3 Å². The van der Waals surface area contributed by atoms with E-state index in [1.165, 1.54) is 20.0 Å². The largest absolute Gasteiger partial charge is 0.462 e. The highest BCUT2D eigenvalue weighted by Gasteiger charge is 2.36. The number of fused-ring (bicyclic) bond motifs is 8. The van der Waals surface area contributed by atoms with Gasteiger partial charge in [-0.3, -0.25) is 14.6 Å². The zero-order chi connectivity index (χ0) is 39.7. The monoisotopic (exact) mass is 793 g/mol.